The topological polar surface area (TPSA) is 12.0 Å². The van der Waals surface area contributed by atoms with Gasteiger partial charge >= 0.3 is 0 Å². The van der Waals surface area contributed by atoms with Crippen LogP contribution < -0.4 is 5.32 Å². The first-order valence-electron chi connectivity index (χ1n) is 5.19. The molecule has 1 aromatic rings. The monoisotopic (exact) mass is 243 g/mol. The Morgan fingerprint density at radius 1 is 1.60 bits per heavy atom. The van der Waals surface area contributed by atoms with Gasteiger partial charge < -0.3 is 5.32 Å². The van der Waals surface area contributed by atoms with Gasteiger partial charge in [0.1, 0.15) is 0 Å². The van der Waals surface area contributed by atoms with E-state index in [1.807, 2.05) is 0 Å². The molecule has 0 aliphatic rings. The van der Waals surface area contributed by atoms with Crippen LogP contribution in [0.15, 0.2) is 29.1 Å². The molecule has 0 saturated carbocycles. The third-order valence-electron chi connectivity index (χ3n) is 2.13. The summed E-state index contributed by atoms with van der Waals surface area (Å²) < 4.78 is 0. The summed E-state index contributed by atoms with van der Waals surface area (Å²) in [6.07, 6.45) is 1.13. The van der Waals surface area contributed by atoms with Crippen LogP contribution in [-0.4, -0.2) is 6.54 Å². The Hall–Kier alpha value is -0.310. The van der Waals surface area contributed by atoms with Gasteiger partial charge in [-0.3, -0.25) is 0 Å². The predicted molar refractivity (Wildman–Crippen MR) is 69.5 cm³/mol. The number of thiophene rings is 1. The number of nitrogens with one attached hydrogen (secondary N) is 1. The molecule has 1 rings (SSSR count). The first-order valence-corrected chi connectivity index (χ1v) is 6.45. The molecule has 0 amide bonds. The van der Waals surface area contributed by atoms with Crippen molar-refractivity contribution < 1.29 is 0 Å². The van der Waals surface area contributed by atoms with Crippen LogP contribution in [0.2, 0.25) is 0 Å². The highest BCUT2D eigenvalue weighted by Gasteiger charge is 2.13. The average Bonchev–Trinajstić information content (AvgIpc) is 2.63. The zero-order valence-corrected chi connectivity index (χ0v) is 10.9. The lowest BCUT2D eigenvalue weighted by molar-refractivity contribution is 0.449. The summed E-state index contributed by atoms with van der Waals surface area (Å²) >= 11 is 7.56. The molecular formula is C12H18ClNS. The Morgan fingerprint density at radius 2 is 2.33 bits per heavy atom. The summed E-state index contributed by atoms with van der Waals surface area (Å²) in [5, 5.41) is 6.21. The molecule has 84 valence electrons. The third-order valence-corrected chi connectivity index (χ3v) is 3.25. The molecule has 1 atom stereocenters. The molecule has 1 aromatic heterocycles. The van der Waals surface area contributed by atoms with Crippen LogP contribution >= 0.6 is 22.9 Å². The van der Waals surface area contributed by atoms with Crippen LogP contribution in [0.3, 0.4) is 0 Å². The molecule has 0 saturated heterocycles. The quantitative estimate of drug-likeness (QED) is 0.791. The summed E-state index contributed by atoms with van der Waals surface area (Å²) in [5.41, 5.74) is 0. The molecule has 1 N–H and O–H groups in total. The predicted octanol–water partition coefficient (Wildman–Crippen LogP) is 4.18. The van der Waals surface area contributed by atoms with Crippen molar-refractivity contribution in [3.8, 4) is 0 Å². The summed E-state index contributed by atoms with van der Waals surface area (Å²) in [6, 6.07) is 4.66. The van der Waals surface area contributed by atoms with Crippen molar-refractivity contribution in [3.05, 3.63) is 34.0 Å². The largest absolute Gasteiger partial charge is 0.304 e. The van der Waals surface area contributed by atoms with E-state index in [1.165, 1.54) is 4.88 Å². The van der Waals surface area contributed by atoms with Crippen molar-refractivity contribution in [3.63, 3.8) is 0 Å². The first-order chi connectivity index (χ1) is 7.09. The zero-order valence-electron chi connectivity index (χ0n) is 9.29. The van der Waals surface area contributed by atoms with Gasteiger partial charge in [-0.2, -0.15) is 0 Å². The van der Waals surface area contributed by atoms with E-state index in [1.54, 1.807) is 11.3 Å². The molecular weight excluding hydrogens is 226 g/mol. The highest BCUT2D eigenvalue weighted by Crippen LogP contribution is 2.25. The molecule has 1 unspecified atom stereocenters. The van der Waals surface area contributed by atoms with E-state index in [-0.39, 0.29) is 0 Å². The van der Waals surface area contributed by atoms with E-state index >= 15 is 0 Å². The smallest absolute Gasteiger partial charge is 0.0420 e. The van der Waals surface area contributed by atoms with Gasteiger partial charge in [0, 0.05) is 22.5 Å². The lowest BCUT2D eigenvalue weighted by Gasteiger charge is -2.19. The van der Waals surface area contributed by atoms with Gasteiger partial charge in [-0.1, -0.05) is 38.1 Å². The summed E-state index contributed by atoms with van der Waals surface area (Å²) in [7, 11) is 0. The Morgan fingerprint density at radius 3 is 2.80 bits per heavy atom. The van der Waals surface area contributed by atoms with Crippen molar-refractivity contribution in [2.24, 2.45) is 5.92 Å². The van der Waals surface area contributed by atoms with Crippen molar-refractivity contribution >= 4 is 22.9 Å². The van der Waals surface area contributed by atoms with E-state index in [0.717, 1.165) is 6.42 Å². The molecule has 0 radical (unpaired) electrons. The van der Waals surface area contributed by atoms with E-state index in [2.05, 4.69) is 43.3 Å². The highest BCUT2D eigenvalue weighted by molar-refractivity contribution is 7.10. The molecule has 0 spiro atoms. The molecule has 1 nitrogen and oxygen atoms in total. The SMILES string of the molecule is C=C(Cl)CNC(CC(C)C)c1cccs1. The van der Waals surface area contributed by atoms with Crippen LogP contribution in [-0.2, 0) is 0 Å². The maximum atomic E-state index is 5.77. The van der Waals surface area contributed by atoms with Gasteiger partial charge in [0.05, 0.1) is 0 Å². The second kappa shape index (κ2) is 6.31. The number of hydrogen-bond donors (Lipinski definition) is 1. The maximum Gasteiger partial charge on any atom is 0.0420 e. The lowest BCUT2D eigenvalue weighted by atomic mass is 10.0. The minimum atomic E-state index is 0.403. The molecule has 0 aliphatic heterocycles. The standard InChI is InChI=1S/C12H18ClNS/c1-9(2)7-11(14-8-10(3)13)12-5-4-6-15-12/h4-6,9,11,14H,3,7-8H2,1-2H3. The van der Waals surface area contributed by atoms with Gasteiger partial charge in [-0.15, -0.1) is 11.3 Å². The Balaban J connectivity index is 2.57. The van der Waals surface area contributed by atoms with E-state index in [0.29, 0.717) is 23.5 Å². The van der Waals surface area contributed by atoms with Crippen molar-refractivity contribution in [2.45, 2.75) is 26.3 Å². The van der Waals surface area contributed by atoms with Crippen LogP contribution in [0.1, 0.15) is 31.2 Å². The molecule has 0 fully saturated rings. The maximum absolute atomic E-state index is 5.77. The second-order valence-corrected chi connectivity index (χ2v) is 5.61. The molecule has 0 bridgehead atoms. The van der Waals surface area contributed by atoms with Crippen LogP contribution in [0.5, 0.6) is 0 Å². The van der Waals surface area contributed by atoms with Crippen molar-refractivity contribution in [1.29, 1.82) is 0 Å². The number of halogens is 1. The van der Waals surface area contributed by atoms with E-state index in [9.17, 15) is 0 Å². The lowest BCUT2D eigenvalue weighted by Crippen LogP contribution is -2.23. The van der Waals surface area contributed by atoms with Gasteiger partial charge in [0.2, 0.25) is 0 Å². The summed E-state index contributed by atoms with van der Waals surface area (Å²) in [5.74, 6) is 0.674. The number of hydrogen-bond acceptors (Lipinski definition) is 2. The molecule has 3 heteroatoms. The van der Waals surface area contributed by atoms with E-state index in [4.69, 9.17) is 11.6 Å². The highest BCUT2D eigenvalue weighted by atomic mass is 35.5. The third kappa shape index (κ3) is 4.83. The first kappa shape index (κ1) is 12.8. The fourth-order valence-electron chi connectivity index (χ4n) is 1.49. The van der Waals surface area contributed by atoms with Gasteiger partial charge in [0.15, 0.2) is 0 Å². The van der Waals surface area contributed by atoms with Crippen LogP contribution in [0, 0.1) is 5.92 Å². The Kier molecular flexibility index (Phi) is 5.37. The van der Waals surface area contributed by atoms with Gasteiger partial charge in [-0.25, -0.2) is 0 Å². The normalized spacial score (nSPS) is 13.1. The zero-order chi connectivity index (χ0) is 11.3. The summed E-state index contributed by atoms with van der Waals surface area (Å²) in [6.45, 7) is 8.84. The van der Waals surface area contributed by atoms with Crippen molar-refractivity contribution in [2.75, 3.05) is 6.54 Å². The minimum Gasteiger partial charge on any atom is -0.304 e. The summed E-state index contributed by atoms with van der Waals surface area (Å²) in [4.78, 5) is 1.38. The van der Waals surface area contributed by atoms with Gasteiger partial charge in [-0.05, 0) is 23.8 Å². The Labute approximate surface area is 101 Å². The van der Waals surface area contributed by atoms with Gasteiger partial charge in [0.25, 0.3) is 0 Å². The molecule has 0 aliphatic carbocycles. The van der Waals surface area contributed by atoms with Crippen LogP contribution in [0.4, 0.5) is 0 Å². The molecule has 0 aromatic carbocycles. The Bertz CT molecular complexity index is 293. The minimum absolute atomic E-state index is 0.403. The van der Waals surface area contributed by atoms with Crippen molar-refractivity contribution in [1.82, 2.24) is 5.32 Å². The average molecular weight is 244 g/mol. The van der Waals surface area contributed by atoms with E-state index < -0.39 is 0 Å². The fourth-order valence-corrected chi connectivity index (χ4v) is 2.39. The second-order valence-electron chi connectivity index (χ2n) is 4.10. The fraction of sp³-hybridized carbons (Fsp3) is 0.500. The number of rotatable bonds is 6. The van der Waals surface area contributed by atoms with Crippen LogP contribution in [0.25, 0.3) is 0 Å². The molecule has 1 heterocycles. The molecule has 15 heavy (non-hydrogen) atoms.